The molecular formula is C37H50F2N4O3. The van der Waals surface area contributed by atoms with E-state index in [0.717, 1.165) is 68.7 Å². The van der Waals surface area contributed by atoms with Gasteiger partial charge in [-0.1, -0.05) is 32.0 Å². The maximum Gasteiger partial charge on any atom is 0.320 e. The van der Waals surface area contributed by atoms with Crippen molar-refractivity contribution in [3.8, 4) is 5.75 Å². The van der Waals surface area contributed by atoms with Crippen molar-refractivity contribution >= 4 is 5.97 Å². The maximum atomic E-state index is 14.4. The van der Waals surface area contributed by atoms with E-state index >= 15 is 0 Å². The number of benzene rings is 2. The molecule has 0 amide bonds. The van der Waals surface area contributed by atoms with Crippen molar-refractivity contribution in [2.75, 3.05) is 33.8 Å². The number of ether oxygens (including phenoxy) is 1. The van der Waals surface area contributed by atoms with Crippen LogP contribution in [0.4, 0.5) is 8.78 Å². The van der Waals surface area contributed by atoms with Gasteiger partial charge in [0.2, 0.25) is 0 Å². The van der Waals surface area contributed by atoms with Gasteiger partial charge in [-0.3, -0.25) is 14.4 Å². The Bertz CT molecular complexity index is 1470. The van der Waals surface area contributed by atoms with Crippen molar-refractivity contribution in [1.29, 1.82) is 0 Å². The lowest BCUT2D eigenvalue weighted by Crippen LogP contribution is -2.45. The van der Waals surface area contributed by atoms with Gasteiger partial charge in [0.1, 0.15) is 11.9 Å². The molecule has 3 aromatic rings. The molecule has 3 unspecified atom stereocenters. The minimum absolute atomic E-state index is 0.132. The average molecular weight is 637 g/mol. The second kappa shape index (κ2) is 15.1. The Morgan fingerprint density at radius 2 is 1.87 bits per heavy atom. The molecule has 1 aliphatic heterocycles. The molecule has 46 heavy (non-hydrogen) atoms. The van der Waals surface area contributed by atoms with Crippen LogP contribution in [0.15, 0.2) is 48.5 Å². The maximum absolute atomic E-state index is 14.4. The molecule has 2 aliphatic rings. The molecule has 2 aromatic carbocycles. The fraction of sp³-hybridized carbons (Fsp3) is 0.568. The number of carboxylic acid groups (broad SMARTS) is 1. The van der Waals surface area contributed by atoms with Gasteiger partial charge in [-0.05, 0) is 118 Å². The largest absolute Gasteiger partial charge is 0.494 e. The first-order valence-corrected chi connectivity index (χ1v) is 16.9. The normalized spacial score (nSPS) is 21.7. The number of likely N-dealkylation sites (tertiary alicyclic amines) is 1. The first-order chi connectivity index (χ1) is 22.1. The van der Waals surface area contributed by atoms with Crippen LogP contribution < -0.4 is 4.74 Å². The third kappa shape index (κ3) is 7.97. The van der Waals surface area contributed by atoms with Crippen LogP contribution in [-0.2, 0) is 17.8 Å². The number of carboxylic acids is 1. The highest BCUT2D eigenvalue weighted by molar-refractivity contribution is 5.73. The molecule has 1 aromatic heterocycles. The highest BCUT2D eigenvalue weighted by Crippen LogP contribution is 2.43. The number of methoxy groups -OCH3 is 1. The van der Waals surface area contributed by atoms with Crippen LogP contribution in [0, 0.1) is 23.5 Å². The molecule has 1 N–H and O–H groups in total. The van der Waals surface area contributed by atoms with E-state index in [1.165, 1.54) is 24.9 Å². The summed E-state index contributed by atoms with van der Waals surface area (Å²) in [6.07, 6.45) is 4.96. The highest BCUT2D eigenvalue weighted by atomic mass is 19.1. The predicted molar refractivity (Wildman–Crippen MR) is 176 cm³/mol. The molecular weight excluding hydrogens is 586 g/mol. The van der Waals surface area contributed by atoms with E-state index in [0.29, 0.717) is 24.7 Å². The first kappa shape index (κ1) is 34.0. The van der Waals surface area contributed by atoms with Crippen molar-refractivity contribution in [2.24, 2.45) is 11.8 Å². The summed E-state index contributed by atoms with van der Waals surface area (Å²) in [5.74, 6) is 0.0763. The topological polar surface area (TPSA) is 70.8 Å². The van der Waals surface area contributed by atoms with E-state index in [2.05, 4.69) is 41.3 Å². The summed E-state index contributed by atoms with van der Waals surface area (Å²) in [6.45, 7) is 9.88. The van der Waals surface area contributed by atoms with Crippen LogP contribution in [0.3, 0.4) is 0 Å². The van der Waals surface area contributed by atoms with E-state index in [1.807, 2.05) is 19.2 Å². The van der Waals surface area contributed by atoms with Gasteiger partial charge >= 0.3 is 5.97 Å². The fourth-order valence-corrected chi connectivity index (χ4v) is 7.84. The molecule has 1 aliphatic carbocycles. The number of nitrogens with zero attached hydrogens (tertiary/aromatic N) is 4. The molecule has 0 radical (unpaired) electrons. The third-order valence-corrected chi connectivity index (χ3v) is 10.3. The van der Waals surface area contributed by atoms with Crippen molar-refractivity contribution in [2.45, 2.75) is 89.8 Å². The molecule has 0 bridgehead atoms. The lowest BCUT2D eigenvalue weighted by Gasteiger charge is -2.35. The Morgan fingerprint density at radius 3 is 2.50 bits per heavy atom. The second-order valence-corrected chi connectivity index (χ2v) is 13.8. The standard InChI is InChI=1S/C37H50F2N4O3/c1-6-43-34(21-30(40-43)17-25-10-11-36(46-5)33(39)18-25)26-12-14-42(15-13-26)23-28-20-31(41(4)35(37(44)45)16-24(2)3)22-32(28)27-8-7-9-29(38)19-27/h7-11,18-19,21,24,26,28,31-32,35H,6,12-17,20,22-23H2,1-5H3,(H,44,45)/t28?,31?,32?,35-/m1/s1. The molecule has 2 fully saturated rings. The number of aryl methyl sites for hydroxylation is 1. The zero-order valence-electron chi connectivity index (χ0n) is 28.0. The lowest BCUT2D eigenvalue weighted by molar-refractivity contribution is -0.144. The monoisotopic (exact) mass is 636 g/mol. The van der Waals surface area contributed by atoms with Crippen LogP contribution in [0.25, 0.3) is 0 Å². The fourth-order valence-electron chi connectivity index (χ4n) is 7.84. The Kier molecular flexibility index (Phi) is 11.2. The number of halogens is 2. The number of aliphatic carboxylic acids is 1. The van der Waals surface area contributed by atoms with Gasteiger partial charge in [0, 0.05) is 37.2 Å². The van der Waals surface area contributed by atoms with Crippen LogP contribution in [0.5, 0.6) is 5.75 Å². The Morgan fingerprint density at radius 1 is 1.11 bits per heavy atom. The predicted octanol–water partition coefficient (Wildman–Crippen LogP) is 6.95. The van der Waals surface area contributed by atoms with E-state index in [9.17, 15) is 18.7 Å². The third-order valence-electron chi connectivity index (χ3n) is 10.3. The van der Waals surface area contributed by atoms with E-state index in [1.54, 1.807) is 18.2 Å². The molecule has 4 atom stereocenters. The molecule has 7 nitrogen and oxygen atoms in total. The van der Waals surface area contributed by atoms with Crippen molar-refractivity contribution in [3.05, 3.63) is 82.7 Å². The number of aromatic nitrogens is 2. The molecule has 5 rings (SSSR count). The average Bonchev–Trinajstić information content (AvgIpc) is 3.64. The quantitative estimate of drug-likeness (QED) is 0.219. The van der Waals surface area contributed by atoms with Crippen LogP contribution >= 0.6 is 0 Å². The molecule has 9 heteroatoms. The summed E-state index contributed by atoms with van der Waals surface area (Å²) in [5, 5.41) is 14.9. The van der Waals surface area contributed by atoms with E-state index in [-0.39, 0.29) is 35.3 Å². The second-order valence-electron chi connectivity index (χ2n) is 13.8. The first-order valence-electron chi connectivity index (χ1n) is 16.9. The number of hydrogen-bond donors (Lipinski definition) is 1. The highest BCUT2D eigenvalue weighted by Gasteiger charge is 2.41. The van der Waals surface area contributed by atoms with Crippen molar-refractivity contribution < 1.29 is 23.4 Å². The summed E-state index contributed by atoms with van der Waals surface area (Å²) >= 11 is 0. The van der Waals surface area contributed by atoms with Gasteiger partial charge in [-0.15, -0.1) is 0 Å². The van der Waals surface area contributed by atoms with Gasteiger partial charge in [0.05, 0.1) is 12.8 Å². The van der Waals surface area contributed by atoms with Crippen molar-refractivity contribution in [3.63, 3.8) is 0 Å². The zero-order chi connectivity index (χ0) is 33.0. The Labute approximate surface area is 272 Å². The van der Waals surface area contributed by atoms with Gasteiger partial charge in [0.15, 0.2) is 11.6 Å². The number of hydrogen-bond acceptors (Lipinski definition) is 5. The zero-order valence-corrected chi connectivity index (χ0v) is 28.0. The van der Waals surface area contributed by atoms with E-state index < -0.39 is 12.0 Å². The number of piperidine rings is 1. The Hall–Kier alpha value is -3.30. The molecule has 2 heterocycles. The van der Waals surface area contributed by atoms with Crippen molar-refractivity contribution in [1.82, 2.24) is 19.6 Å². The smallest absolute Gasteiger partial charge is 0.320 e. The van der Waals surface area contributed by atoms with Crippen LogP contribution in [0.2, 0.25) is 0 Å². The number of carbonyl (C=O) groups is 1. The number of rotatable bonds is 13. The van der Waals surface area contributed by atoms with Gasteiger partial charge < -0.3 is 14.7 Å². The molecule has 1 saturated carbocycles. The Balaban J connectivity index is 1.25. The van der Waals surface area contributed by atoms with Gasteiger partial charge in [-0.2, -0.15) is 5.10 Å². The lowest BCUT2D eigenvalue weighted by atomic mass is 9.87. The summed E-state index contributed by atoms with van der Waals surface area (Å²) in [7, 11) is 3.43. The van der Waals surface area contributed by atoms with E-state index in [4.69, 9.17) is 9.84 Å². The van der Waals surface area contributed by atoms with Gasteiger partial charge in [0.25, 0.3) is 0 Å². The number of likely N-dealkylation sites (N-methyl/N-ethyl adjacent to an activating group) is 1. The van der Waals surface area contributed by atoms with Gasteiger partial charge in [-0.25, -0.2) is 8.78 Å². The minimum atomic E-state index is -0.769. The SMILES string of the molecule is CCn1nc(Cc2ccc(OC)c(F)c2)cc1C1CCN(CC2CC(N(C)[C@H](CC(C)C)C(=O)O)CC2c2cccc(F)c2)CC1. The summed E-state index contributed by atoms with van der Waals surface area (Å²) < 4.78 is 35.8. The molecule has 1 saturated heterocycles. The van der Waals surface area contributed by atoms with Crippen LogP contribution in [-0.4, -0.2) is 76.5 Å². The molecule has 0 spiro atoms. The van der Waals surface area contributed by atoms with Crippen LogP contribution in [0.1, 0.15) is 87.2 Å². The summed E-state index contributed by atoms with van der Waals surface area (Å²) in [5.41, 5.74) is 4.08. The summed E-state index contributed by atoms with van der Waals surface area (Å²) in [6, 6.07) is 13.9. The summed E-state index contributed by atoms with van der Waals surface area (Å²) in [4.78, 5) is 16.8. The minimum Gasteiger partial charge on any atom is -0.494 e. The molecule has 250 valence electrons.